The van der Waals surface area contributed by atoms with Gasteiger partial charge >= 0.3 is 5.97 Å². The predicted octanol–water partition coefficient (Wildman–Crippen LogP) is 3.00. The fourth-order valence-corrected chi connectivity index (χ4v) is 1.44. The summed E-state index contributed by atoms with van der Waals surface area (Å²) in [5.41, 5.74) is 0.0334. The average Bonchev–Trinajstić information content (AvgIpc) is 2.19. The molecule has 0 atom stereocenters. The largest absolute Gasteiger partial charge is 0.481 e. The number of carbonyl (C=O) groups is 1. The highest BCUT2D eigenvalue weighted by Gasteiger charge is 2.07. The molecule has 0 saturated heterocycles. The molecule has 0 heterocycles. The fraction of sp³-hybridized carbons (Fsp3) is 0.300. The zero-order valence-corrected chi connectivity index (χ0v) is 9.85. The van der Waals surface area contributed by atoms with E-state index in [4.69, 9.17) is 5.11 Å². The van der Waals surface area contributed by atoms with Gasteiger partial charge in [0.15, 0.2) is 0 Å². The molecule has 0 amide bonds. The molecular weight excluding hydrogens is 284 g/mol. The van der Waals surface area contributed by atoms with Crippen molar-refractivity contribution in [2.45, 2.75) is 12.8 Å². The summed E-state index contributed by atoms with van der Waals surface area (Å²) in [4.78, 5) is 10.2. The molecule has 0 bridgehead atoms. The van der Waals surface area contributed by atoms with Crippen LogP contribution in [0.2, 0.25) is 0 Å². The Kier molecular flexibility index (Phi) is 4.67. The number of rotatable bonds is 5. The monoisotopic (exact) mass is 293 g/mol. The number of nitrogens with one attached hydrogen (secondary N) is 1. The lowest BCUT2D eigenvalue weighted by molar-refractivity contribution is -0.137. The fourth-order valence-electron chi connectivity index (χ4n) is 1.12. The van der Waals surface area contributed by atoms with Crippen molar-refractivity contribution in [2.24, 2.45) is 0 Å². The Balaban J connectivity index is 2.54. The maximum Gasteiger partial charge on any atom is 0.303 e. The van der Waals surface area contributed by atoms with Crippen LogP contribution in [-0.2, 0) is 4.79 Å². The second-order valence-corrected chi connectivity index (χ2v) is 4.02. The van der Waals surface area contributed by atoms with Gasteiger partial charge < -0.3 is 10.4 Å². The molecule has 0 saturated carbocycles. The summed E-state index contributed by atoms with van der Waals surface area (Å²) in [7, 11) is 0. The van der Waals surface area contributed by atoms with Gasteiger partial charge in [-0.05, 0) is 28.4 Å². The number of hydrogen-bond acceptors (Lipinski definition) is 2. The van der Waals surface area contributed by atoms with Gasteiger partial charge in [-0.2, -0.15) is 0 Å². The van der Waals surface area contributed by atoms with E-state index in [1.165, 1.54) is 0 Å². The molecule has 1 aromatic rings. The molecule has 6 heteroatoms. The summed E-state index contributed by atoms with van der Waals surface area (Å²) in [6, 6.07) is 2.05. The highest BCUT2D eigenvalue weighted by atomic mass is 79.9. The van der Waals surface area contributed by atoms with Crippen LogP contribution in [0, 0.1) is 11.6 Å². The smallest absolute Gasteiger partial charge is 0.303 e. The minimum atomic E-state index is -0.913. The van der Waals surface area contributed by atoms with Gasteiger partial charge in [0.05, 0.1) is 10.2 Å². The third-order valence-electron chi connectivity index (χ3n) is 1.89. The van der Waals surface area contributed by atoms with E-state index in [1.807, 2.05) is 0 Å². The van der Waals surface area contributed by atoms with E-state index in [0.29, 0.717) is 6.42 Å². The summed E-state index contributed by atoms with van der Waals surface area (Å²) < 4.78 is 26.3. The average molecular weight is 294 g/mol. The number of benzene rings is 1. The van der Waals surface area contributed by atoms with E-state index < -0.39 is 17.6 Å². The van der Waals surface area contributed by atoms with Crippen LogP contribution in [0.1, 0.15) is 12.8 Å². The van der Waals surface area contributed by atoms with E-state index in [-0.39, 0.29) is 23.1 Å². The maximum atomic E-state index is 13.2. The first kappa shape index (κ1) is 12.9. The maximum absolute atomic E-state index is 13.2. The molecule has 1 rings (SSSR count). The Morgan fingerprint density at radius 3 is 2.69 bits per heavy atom. The van der Waals surface area contributed by atoms with Crippen LogP contribution in [0.5, 0.6) is 0 Å². The number of anilines is 1. The van der Waals surface area contributed by atoms with Crippen LogP contribution < -0.4 is 5.32 Å². The van der Waals surface area contributed by atoms with Crippen molar-refractivity contribution < 1.29 is 18.7 Å². The van der Waals surface area contributed by atoms with Crippen LogP contribution in [0.3, 0.4) is 0 Å². The van der Waals surface area contributed by atoms with Crippen LogP contribution >= 0.6 is 15.9 Å². The number of hydrogen-bond donors (Lipinski definition) is 2. The van der Waals surface area contributed by atoms with Crippen LogP contribution in [0.15, 0.2) is 16.6 Å². The molecule has 3 nitrogen and oxygen atoms in total. The molecule has 0 spiro atoms. The molecule has 0 aliphatic heterocycles. The molecule has 0 unspecified atom stereocenters. The quantitative estimate of drug-likeness (QED) is 0.648. The van der Waals surface area contributed by atoms with E-state index in [9.17, 15) is 13.6 Å². The molecule has 2 N–H and O–H groups in total. The molecule has 1 aromatic carbocycles. The summed E-state index contributed by atoms with van der Waals surface area (Å²) in [6.07, 6.45) is 0.347. The van der Waals surface area contributed by atoms with Gasteiger partial charge in [0.1, 0.15) is 11.6 Å². The lowest BCUT2D eigenvalue weighted by atomic mass is 10.2. The van der Waals surface area contributed by atoms with Crippen LogP contribution in [0.4, 0.5) is 14.5 Å². The van der Waals surface area contributed by atoms with E-state index in [1.54, 1.807) is 0 Å². The Bertz CT molecular complexity index is 399. The number of halogens is 3. The summed E-state index contributed by atoms with van der Waals surface area (Å²) in [5.74, 6) is -2.06. The van der Waals surface area contributed by atoms with Crippen LogP contribution in [0.25, 0.3) is 0 Å². The van der Waals surface area contributed by atoms with Crippen LogP contribution in [-0.4, -0.2) is 17.6 Å². The van der Waals surface area contributed by atoms with E-state index in [0.717, 1.165) is 12.1 Å². The summed E-state index contributed by atoms with van der Waals surface area (Å²) in [6.45, 7) is 0.282. The van der Waals surface area contributed by atoms with Crippen molar-refractivity contribution in [2.75, 3.05) is 11.9 Å². The predicted molar refractivity (Wildman–Crippen MR) is 59.4 cm³/mol. The molecule has 0 radical (unpaired) electrons. The first-order valence-corrected chi connectivity index (χ1v) is 5.40. The van der Waals surface area contributed by atoms with Gasteiger partial charge in [-0.3, -0.25) is 4.79 Å². The number of aliphatic carboxylic acids is 1. The van der Waals surface area contributed by atoms with Crippen molar-refractivity contribution in [3.05, 3.63) is 28.2 Å². The van der Waals surface area contributed by atoms with Gasteiger partial charge in [0, 0.05) is 19.0 Å². The zero-order valence-electron chi connectivity index (χ0n) is 8.27. The Hall–Kier alpha value is -1.17. The molecule has 0 fully saturated rings. The first-order chi connectivity index (χ1) is 7.50. The topological polar surface area (TPSA) is 49.3 Å². The van der Waals surface area contributed by atoms with Crippen molar-refractivity contribution in [1.82, 2.24) is 0 Å². The minimum absolute atomic E-state index is 0.00632. The lowest BCUT2D eigenvalue weighted by Crippen LogP contribution is -2.06. The van der Waals surface area contributed by atoms with Crippen molar-refractivity contribution in [3.63, 3.8) is 0 Å². The zero-order chi connectivity index (χ0) is 12.1. The molecule has 88 valence electrons. The third kappa shape index (κ3) is 3.77. The van der Waals surface area contributed by atoms with Gasteiger partial charge in [0.25, 0.3) is 0 Å². The Morgan fingerprint density at radius 2 is 2.06 bits per heavy atom. The van der Waals surface area contributed by atoms with Gasteiger partial charge in [-0.15, -0.1) is 0 Å². The van der Waals surface area contributed by atoms with E-state index >= 15 is 0 Å². The second kappa shape index (κ2) is 5.79. The third-order valence-corrected chi connectivity index (χ3v) is 2.50. The highest BCUT2D eigenvalue weighted by Crippen LogP contribution is 2.23. The first-order valence-electron chi connectivity index (χ1n) is 4.61. The van der Waals surface area contributed by atoms with Crippen molar-refractivity contribution in [1.29, 1.82) is 0 Å². The SMILES string of the molecule is O=C(O)CCCNc1cc(F)c(Br)cc1F. The summed E-state index contributed by atoms with van der Waals surface area (Å²) >= 11 is 2.86. The minimum Gasteiger partial charge on any atom is -0.481 e. The molecule has 0 aliphatic carbocycles. The normalized spacial score (nSPS) is 10.2. The van der Waals surface area contributed by atoms with Gasteiger partial charge in [-0.1, -0.05) is 0 Å². The standard InChI is InChI=1S/C10H10BrF2NO2/c11-6-4-8(13)9(5-7(6)12)14-3-1-2-10(15)16/h4-5,14H,1-3H2,(H,15,16). The number of carboxylic acids is 1. The van der Waals surface area contributed by atoms with Crippen molar-refractivity contribution >= 4 is 27.6 Å². The molecule has 0 aliphatic rings. The summed E-state index contributed by atoms with van der Waals surface area (Å²) in [5, 5.41) is 11.0. The number of carboxylic acid groups (broad SMARTS) is 1. The highest BCUT2D eigenvalue weighted by molar-refractivity contribution is 9.10. The van der Waals surface area contributed by atoms with Gasteiger partial charge in [-0.25, -0.2) is 8.78 Å². The lowest BCUT2D eigenvalue weighted by Gasteiger charge is -2.07. The Labute approximate surface area is 99.6 Å². The molecule has 16 heavy (non-hydrogen) atoms. The Morgan fingerprint density at radius 1 is 1.38 bits per heavy atom. The molecular formula is C10H10BrF2NO2. The van der Waals surface area contributed by atoms with Gasteiger partial charge in [0.2, 0.25) is 0 Å². The second-order valence-electron chi connectivity index (χ2n) is 3.17. The van der Waals surface area contributed by atoms with Crippen molar-refractivity contribution in [3.8, 4) is 0 Å². The van der Waals surface area contributed by atoms with E-state index in [2.05, 4.69) is 21.2 Å². The molecule has 0 aromatic heterocycles.